The van der Waals surface area contributed by atoms with E-state index in [1.54, 1.807) is 25.1 Å². The fourth-order valence-electron chi connectivity index (χ4n) is 2.64. The molecule has 2 aromatic heterocycles. The number of methoxy groups -OCH3 is 1. The number of amides is 1. The molecule has 0 spiro atoms. The molecule has 0 saturated carbocycles. The third kappa shape index (κ3) is 4.33. The number of hydrogen-bond donors (Lipinski definition) is 1. The van der Waals surface area contributed by atoms with Gasteiger partial charge in [0.1, 0.15) is 5.69 Å². The van der Waals surface area contributed by atoms with Crippen LogP contribution in [0.25, 0.3) is 0 Å². The maximum atomic E-state index is 13.0. The Kier molecular flexibility index (Phi) is 6.08. The molecule has 0 bridgehead atoms. The largest absolute Gasteiger partial charge is 0.383 e. The van der Waals surface area contributed by atoms with Crippen molar-refractivity contribution < 1.29 is 9.53 Å². The fourth-order valence-corrected chi connectivity index (χ4v) is 2.64. The monoisotopic (exact) mass is 346 g/mol. The van der Waals surface area contributed by atoms with Gasteiger partial charge in [0, 0.05) is 51.2 Å². The smallest absolute Gasteiger partial charge is 0.273 e. The summed E-state index contributed by atoms with van der Waals surface area (Å²) in [6, 6.07) is 1.70. The van der Waals surface area contributed by atoms with Crippen molar-refractivity contribution in [2.45, 2.75) is 27.3 Å². The average molecular weight is 346 g/mol. The van der Waals surface area contributed by atoms with Crippen molar-refractivity contribution in [2.24, 2.45) is 7.05 Å². The number of aryl methyl sites for hydroxylation is 3. The zero-order valence-electron chi connectivity index (χ0n) is 15.8. The number of anilines is 1. The van der Waals surface area contributed by atoms with Gasteiger partial charge in [-0.3, -0.25) is 9.48 Å². The van der Waals surface area contributed by atoms with Gasteiger partial charge in [-0.15, -0.1) is 0 Å². The predicted octanol–water partition coefficient (Wildman–Crippen LogP) is 1.47. The molecule has 136 valence electrons. The molecule has 0 unspecified atom stereocenters. The Labute approximate surface area is 148 Å². The van der Waals surface area contributed by atoms with E-state index in [9.17, 15) is 4.79 Å². The molecule has 1 N–H and O–H groups in total. The summed E-state index contributed by atoms with van der Waals surface area (Å²) in [7, 11) is 5.26. The summed E-state index contributed by atoms with van der Waals surface area (Å²) >= 11 is 0. The first-order valence-corrected chi connectivity index (χ1v) is 8.18. The zero-order chi connectivity index (χ0) is 18.6. The van der Waals surface area contributed by atoms with Crippen LogP contribution in [0.3, 0.4) is 0 Å². The lowest BCUT2D eigenvalue weighted by Gasteiger charge is -2.22. The van der Waals surface area contributed by atoms with Crippen molar-refractivity contribution in [1.29, 1.82) is 0 Å². The summed E-state index contributed by atoms with van der Waals surface area (Å²) in [5, 5.41) is 7.31. The molecule has 8 heteroatoms. The van der Waals surface area contributed by atoms with Crippen LogP contribution < -0.4 is 5.32 Å². The molecule has 0 aliphatic rings. The first-order chi connectivity index (χ1) is 11.9. The highest BCUT2D eigenvalue weighted by molar-refractivity contribution is 5.92. The van der Waals surface area contributed by atoms with Crippen molar-refractivity contribution >= 4 is 11.9 Å². The van der Waals surface area contributed by atoms with Crippen LogP contribution in [0, 0.1) is 20.8 Å². The minimum Gasteiger partial charge on any atom is -0.383 e. The summed E-state index contributed by atoms with van der Waals surface area (Å²) in [5.41, 5.74) is 4.12. The molecule has 0 fully saturated rings. The van der Waals surface area contributed by atoms with Gasteiger partial charge >= 0.3 is 0 Å². The van der Waals surface area contributed by atoms with Crippen molar-refractivity contribution in [3.8, 4) is 0 Å². The number of hydrogen-bond acceptors (Lipinski definition) is 6. The Morgan fingerprint density at radius 2 is 2.04 bits per heavy atom. The van der Waals surface area contributed by atoms with Gasteiger partial charge in [0.25, 0.3) is 5.91 Å². The molecule has 0 aromatic carbocycles. The summed E-state index contributed by atoms with van der Waals surface area (Å²) < 4.78 is 7.00. The lowest BCUT2D eigenvalue weighted by atomic mass is 10.1. The topological polar surface area (TPSA) is 85.2 Å². The van der Waals surface area contributed by atoms with Crippen LogP contribution in [0.5, 0.6) is 0 Å². The molecule has 0 atom stereocenters. The normalized spacial score (nSPS) is 10.8. The van der Waals surface area contributed by atoms with E-state index in [-0.39, 0.29) is 5.91 Å². The Bertz CT molecular complexity index is 756. The fraction of sp³-hybridized carbons (Fsp3) is 0.529. The number of aromatic nitrogens is 4. The molecular formula is C17H26N6O2. The maximum Gasteiger partial charge on any atom is 0.273 e. The molecule has 1 amide bonds. The zero-order valence-corrected chi connectivity index (χ0v) is 15.8. The van der Waals surface area contributed by atoms with Gasteiger partial charge in [0.15, 0.2) is 0 Å². The number of nitrogens with one attached hydrogen (secondary N) is 1. The highest BCUT2D eigenvalue weighted by atomic mass is 16.5. The molecule has 8 nitrogen and oxygen atoms in total. The van der Waals surface area contributed by atoms with Crippen LogP contribution in [0.2, 0.25) is 0 Å². The van der Waals surface area contributed by atoms with E-state index >= 15 is 0 Å². The molecule has 0 aliphatic heterocycles. The number of rotatable bonds is 7. The molecule has 2 heterocycles. The second kappa shape index (κ2) is 8.06. The van der Waals surface area contributed by atoms with Gasteiger partial charge < -0.3 is 15.0 Å². The van der Waals surface area contributed by atoms with Gasteiger partial charge in [-0.25, -0.2) is 9.97 Å². The van der Waals surface area contributed by atoms with Crippen LogP contribution in [-0.2, 0) is 18.3 Å². The van der Waals surface area contributed by atoms with Crippen LogP contribution in [-0.4, -0.2) is 57.9 Å². The maximum absolute atomic E-state index is 13.0. The van der Waals surface area contributed by atoms with Crippen LogP contribution in [0.4, 0.5) is 5.95 Å². The highest BCUT2D eigenvalue weighted by Crippen LogP contribution is 2.17. The molecule has 25 heavy (non-hydrogen) atoms. The summed E-state index contributed by atoms with van der Waals surface area (Å²) in [6.07, 6.45) is 0. The molecule has 2 aromatic rings. The first-order valence-electron chi connectivity index (χ1n) is 8.18. The number of carbonyl (C=O) groups excluding carboxylic acids is 1. The third-order valence-electron chi connectivity index (χ3n) is 4.16. The summed E-state index contributed by atoms with van der Waals surface area (Å²) in [4.78, 5) is 23.3. The van der Waals surface area contributed by atoms with Crippen molar-refractivity contribution in [3.05, 3.63) is 34.4 Å². The highest BCUT2D eigenvalue weighted by Gasteiger charge is 2.21. The summed E-state index contributed by atoms with van der Waals surface area (Å²) in [6.45, 7) is 7.19. The van der Waals surface area contributed by atoms with Gasteiger partial charge in [0.2, 0.25) is 5.95 Å². The summed E-state index contributed by atoms with van der Waals surface area (Å²) in [5.74, 6) is 0.283. The lowest BCUT2D eigenvalue weighted by Crippen LogP contribution is -2.34. The van der Waals surface area contributed by atoms with Crippen molar-refractivity contribution in [3.63, 3.8) is 0 Å². The molecule has 0 saturated heterocycles. The third-order valence-corrected chi connectivity index (χ3v) is 4.16. The van der Waals surface area contributed by atoms with Crippen molar-refractivity contribution in [2.75, 3.05) is 32.6 Å². The minimum atomic E-state index is -0.151. The number of ether oxygens (including phenoxy) is 1. The minimum absolute atomic E-state index is 0.151. The van der Waals surface area contributed by atoms with Crippen LogP contribution in [0.1, 0.15) is 33.1 Å². The van der Waals surface area contributed by atoms with E-state index < -0.39 is 0 Å². The number of carbonyl (C=O) groups is 1. The van der Waals surface area contributed by atoms with E-state index in [4.69, 9.17) is 4.74 Å². The predicted molar refractivity (Wildman–Crippen MR) is 95.6 cm³/mol. The van der Waals surface area contributed by atoms with E-state index in [0.29, 0.717) is 31.3 Å². The Morgan fingerprint density at radius 3 is 2.60 bits per heavy atom. The Balaban J connectivity index is 2.33. The average Bonchev–Trinajstić information content (AvgIpc) is 2.83. The van der Waals surface area contributed by atoms with Gasteiger partial charge in [0.05, 0.1) is 12.3 Å². The molecule has 0 aliphatic carbocycles. The first kappa shape index (κ1) is 18.9. The molecule has 2 rings (SSSR count). The van der Waals surface area contributed by atoms with Gasteiger partial charge in [-0.2, -0.15) is 5.10 Å². The molecule has 0 radical (unpaired) electrons. The molecular weight excluding hydrogens is 320 g/mol. The van der Waals surface area contributed by atoms with E-state index in [1.807, 2.05) is 32.5 Å². The van der Waals surface area contributed by atoms with E-state index in [0.717, 1.165) is 22.6 Å². The number of nitrogens with zero attached hydrogens (tertiary/aromatic N) is 5. The standard InChI is InChI=1S/C17H26N6O2/c1-11-9-15(20-17(18-4)19-11)16(24)23(7-8-25-6)10-14-12(2)21-22(5)13(14)3/h9H,7-8,10H2,1-6H3,(H,18,19,20). The van der Waals surface area contributed by atoms with E-state index in [1.165, 1.54) is 0 Å². The Hall–Kier alpha value is -2.48. The van der Waals surface area contributed by atoms with Gasteiger partial charge in [-0.05, 0) is 26.8 Å². The van der Waals surface area contributed by atoms with Gasteiger partial charge in [-0.1, -0.05) is 0 Å². The van der Waals surface area contributed by atoms with E-state index in [2.05, 4.69) is 20.4 Å². The van der Waals surface area contributed by atoms with Crippen LogP contribution in [0.15, 0.2) is 6.07 Å². The lowest BCUT2D eigenvalue weighted by molar-refractivity contribution is 0.0674. The second-order valence-electron chi connectivity index (χ2n) is 5.96. The van der Waals surface area contributed by atoms with Crippen LogP contribution >= 0.6 is 0 Å². The SMILES string of the molecule is CNc1nc(C)cc(C(=O)N(CCOC)Cc2c(C)nn(C)c2C)n1. The quantitative estimate of drug-likeness (QED) is 0.817. The van der Waals surface area contributed by atoms with Crippen molar-refractivity contribution in [1.82, 2.24) is 24.6 Å². The second-order valence-corrected chi connectivity index (χ2v) is 5.96. The Morgan fingerprint density at radius 1 is 1.32 bits per heavy atom.